The van der Waals surface area contributed by atoms with Gasteiger partial charge in [0.1, 0.15) is 24.2 Å². The van der Waals surface area contributed by atoms with E-state index in [9.17, 15) is 9.35 Å². The monoisotopic (exact) mass is 324 g/mol. The van der Waals surface area contributed by atoms with Gasteiger partial charge in [-0.1, -0.05) is 29.4 Å². The van der Waals surface area contributed by atoms with E-state index in [0.717, 1.165) is 16.9 Å². The van der Waals surface area contributed by atoms with Crippen LogP contribution in [0.15, 0.2) is 18.2 Å². The molecule has 2 unspecified atom stereocenters. The molecule has 0 heterocycles. The topological polar surface area (TPSA) is 73.4 Å². The van der Waals surface area contributed by atoms with Crippen LogP contribution in [0.4, 0.5) is 0 Å². The quantitative estimate of drug-likeness (QED) is 0.524. The van der Waals surface area contributed by atoms with Gasteiger partial charge in [0.25, 0.3) is 0 Å². The number of aryl methyl sites for hydroxylation is 2. The Bertz CT molecular complexity index is 479. The minimum atomic E-state index is -1.03. The van der Waals surface area contributed by atoms with Crippen molar-refractivity contribution in [2.75, 3.05) is 18.6 Å². The highest BCUT2D eigenvalue weighted by Gasteiger charge is 2.22. The maximum Gasteiger partial charge on any atom is 0.241 e. The third-order valence-electron chi connectivity index (χ3n) is 3.34. The fraction of sp³-hybridized carbons (Fsp3) is 0.533. The molecule has 7 heteroatoms. The van der Waals surface area contributed by atoms with Crippen molar-refractivity contribution >= 4 is 25.1 Å². The lowest BCUT2D eigenvalue weighted by Crippen LogP contribution is -2.50. The second-order valence-electron chi connectivity index (χ2n) is 5.52. The van der Waals surface area contributed by atoms with Crippen LogP contribution in [0.3, 0.4) is 0 Å². The fourth-order valence-corrected chi connectivity index (χ4v) is 2.93. The summed E-state index contributed by atoms with van der Waals surface area (Å²) in [6.45, 7) is 6.28. The van der Waals surface area contributed by atoms with E-state index in [1.54, 1.807) is 14.2 Å². The molecule has 0 bridgehead atoms. The Labute approximate surface area is 136 Å². The van der Waals surface area contributed by atoms with Crippen molar-refractivity contribution in [3.63, 3.8) is 0 Å². The number of ether oxygens (including phenoxy) is 1. The molecular weight excluding hydrogens is 299 g/mol. The molecule has 0 aliphatic heterocycles. The van der Waals surface area contributed by atoms with E-state index >= 15 is 0 Å². The summed E-state index contributed by atoms with van der Waals surface area (Å²) in [5.74, 6) is 1.01. The first-order valence-electron chi connectivity index (χ1n) is 7.31. The van der Waals surface area contributed by atoms with Gasteiger partial charge in [0.05, 0.1) is 12.3 Å². The average Bonchev–Trinajstić information content (AvgIpc) is 2.43. The molecule has 3 atom stereocenters. The van der Waals surface area contributed by atoms with Gasteiger partial charge in [-0.05, 0) is 31.9 Å². The summed E-state index contributed by atoms with van der Waals surface area (Å²) in [6, 6.07) is 5.41. The van der Waals surface area contributed by atoms with E-state index in [0.29, 0.717) is 12.4 Å². The van der Waals surface area contributed by atoms with E-state index in [4.69, 9.17) is 4.74 Å². The van der Waals surface area contributed by atoms with Gasteiger partial charge in [0.15, 0.2) is 7.98 Å². The maximum atomic E-state index is 12.1. The van der Waals surface area contributed by atoms with Crippen LogP contribution in [0.2, 0.25) is 0 Å². The number of nitrogens with one attached hydrogen (secondary N) is 2. The van der Waals surface area contributed by atoms with Crippen molar-refractivity contribution in [2.24, 2.45) is 0 Å². The minimum absolute atomic E-state index is 0.132. The standard InChI is InChI=1S/C15H25BN2O3S/c1-10-6-5-7-11(2)14(10)21-8-12(3)17-15(19)13(18-16)9-22(4)20/h5-7,12-13,18H,8-9,16H2,1-4H3,(H,17,19)/t12?,13-,22?/m0/s1. The summed E-state index contributed by atoms with van der Waals surface area (Å²) in [6.07, 6.45) is 1.59. The molecule has 0 radical (unpaired) electrons. The summed E-state index contributed by atoms with van der Waals surface area (Å²) in [7, 11) is 1.69. The highest BCUT2D eigenvalue weighted by Crippen LogP contribution is 2.22. The second-order valence-corrected chi connectivity index (χ2v) is 7.00. The molecule has 0 aliphatic carbocycles. The molecule has 1 rings (SSSR count). The van der Waals surface area contributed by atoms with Crippen molar-refractivity contribution in [3.05, 3.63) is 29.3 Å². The molecule has 22 heavy (non-hydrogen) atoms. The Hall–Kier alpha value is -1.18. The zero-order valence-corrected chi connectivity index (χ0v) is 14.8. The van der Waals surface area contributed by atoms with Crippen LogP contribution >= 0.6 is 0 Å². The van der Waals surface area contributed by atoms with Crippen molar-refractivity contribution in [2.45, 2.75) is 32.9 Å². The van der Waals surface area contributed by atoms with Gasteiger partial charge < -0.3 is 19.8 Å². The highest BCUT2D eigenvalue weighted by atomic mass is 32.2. The van der Waals surface area contributed by atoms with Gasteiger partial charge in [-0.15, -0.1) is 0 Å². The first-order chi connectivity index (χ1) is 10.3. The number of benzene rings is 1. The molecule has 0 aromatic heterocycles. The summed E-state index contributed by atoms with van der Waals surface area (Å²) in [5.41, 5.74) is 2.15. The SMILES string of the molecule is BN[C@@H](C[S+](C)[O-])C(=O)NC(C)COc1c(C)cccc1C. The van der Waals surface area contributed by atoms with Crippen molar-refractivity contribution in [1.29, 1.82) is 0 Å². The number of carbonyl (C=O) groups excluding carboxylic acids is 1. The number of hydrogen-bond acceptors (Lipinski definition) is 4. The van der Waals surface area contributed by atoms with Crippen molar-refractivity contribution in [3.8, 4) is 5.75 Å². The van der Waals surface area contributed by atoms with Crippen LogP contribution in [0.1, 0.15) is 18.1 Å². The molecule has 0 saturated heterocycles. The maximum absolute atomic E-state index is 12.1. The van der Waals surface area contributed by atoms with Crippen molar-refractivity contribution < 1.29 is 14.1 Å². The van der Waals surface area contributed by atoms with Crippen LogP contribution in [-0.4, -0.2) is 49.1 Å². The number of amides is 1. The van der Waals surface area contributed by atoms with Gasteiger partial charge in [-0.2, -0.15) is 0 Å². The summed E-state index contributed by atoms with van der Waals surface area (Å²) in [5, 5.41) is 5.77. The third kappa shape index (κ3) is 5.91. The lowest BCUT2D eigenvalue weighted by Gasteiger charge is -2.21. The first kappa shape index (κ1) is 18.9. The molecule has 5 nitrogen and oxygen atoms in total. The van der Waals surface area contributed by atoms with E-state index in [-0.39, 0.29) is 11.9 Å². The van der Waals surface area contributed by atoms with Gasteiger partial charge in [-0.3, -0.25) is 4.79 Å². The highest BCUT2D eigenvalue weighted by molar-refractivity contribution is 7.90. The largest absolute Gasteiger partial charge is 0.616 e. The van der Waals surface area contributed by atoms with Crippen LogP contribution in [0, 0.1) is 13.8 Å². The van der Waals surface area contributed by atoms with Crippen LogP contribution in [0.5, 0.6) is 5.75 Å². The first-order valence-corrected chi connectivity index (χ1v) is 9.04. The normalized spacial score (nSPS) is 15.0. The van der Waals surface area contributed by atoms with Gasteiger partial charge in [0.2, 0.25) is 5.91 Å². The Morgan fingerprint density at radius 1 is 1.41 bits per heavy atom. The molecule has 0 aliphatic rings. The molecule has 0 fully saturated rings. The van der Waals surface area contributed by atoms with Crippen LogP contribution in [-0.2, 0) is 16.0 Å². The fourth-order valence-electron chi connectivity index (χ4n) is 2.15. The van der Waals surface area contributed by atoms with Crippen molar-refractivity contribution in [1.82, 2.24) is 10.5 Å². The molecule has 2 N–H and O–H groups in total. The molecular formula is C15H25BN2O3S. The van der Waals surface area contributed by atoms with Gasteiger partial charge in [-0.25, -0.2) is 0 Å². The molecule has 0 spiro atoms. The summed E-state index contributed by atoms with van der Waals surface area (Å²) < 4.78 is 17.1. The molecule has 1 aromatic carbocycles. The molecule has 0 saturated carbocycles. The minimum Gasteiger partial charge on any atom is -0.616 e. The number of para-hydroxylation sites is 1. The number of hydrogen-bond donors (Lipinski definition) is 2. The predicted octanol–water partition coefficient (Wildman–Crippen LogP) is 0.0717. The summed E-state index contributed by atoms with van der Waals surface area (Å²) in [4.78, 5) is 12.1. The van der Waals surface area contributed by atoms with Gasteiger partial charge in [0, 0.05) is 0 Å². The van der Waals surface area contributed by atoms with Gasteiger partial charge >= 0.3 is 0 Å². The van der Waals surface area contributed by atoms with Crippen LogP contribution < -0.4 is 15.3 Å². The smallest absolute Gasteiger partial charge is 0.241 e. The Morgan fingerprint density at radius 3 is 2.50 bits per heavy atom. The lowest BCUT2D eigenvalue weighted by molar-refractivity contribution is -0.123. The molecule has 1 aromatic rings. The number of rotatable bonds is 8. The Morgan fingerprint density at radius 2 is 2.00 bits per heavy atom. The lowest BCUT2D eigenvalue weighted by atomic mass is 10.1. The summed E-state index contributed by atoms with van der Waals surface area (Å²) >= 11 is -1.03. The Kier molecular flexibility index (Phi) is 7.78. The van der Waals surface area contributed by atoms with E-state index in [2.05, 4.69) is 10.5 Å². The van der Waals surface area contributed by atoms with Crippen LogP contribution in [0.25, 0.3) is 0 Å². The van der Waals surface area contributed by atoms with E-state index in [1.807, 2.05) is 39.0 Å². The average molecular weight is 324 g/mol. The second kappa shape index (κ2) is 9.07. The Balaban J connectivity index is 2.52. The molecule has 122 valence electrons. The zero-order chi connectivity index (χ0) is 16.7. The molecule has 1 amide bonds. The number of carbonyl (C=O) groups is 1. The zero-order valence-electron chi connectivity index (χ0n) is 13.9. The van der Waals surface area contributed by atoms with E-state index < -0.39 is 17.2 Å². The third-order valence-corrected chi connectivity index (χ3v) is 4.14. The predicted molar refractivity (Wildman–Crippen MR) is 93.4 cm³/mol. The van der Waals surface area contributed by atoms with E-state index in [1.165, 1.54) is 0 Å².